The molecule has 2 aliphatic heterocycles. The zero-order valence-corrected chi connectivity index (χ0v) is 28.0. The SMILES string of the molecule is CCC12CC(COCc3ccccc3)C(OC)C3Oc4c(OCCOCCOCCOC)ccc5c4C31CCN(CC1CC1)C2C5. The summed E-state index contributed by atoms with van der Waals surface area (Å²) in [5.41, 5.74) is 4.05. The van der Waals surface area contributed by atoms with Crippen LogP contribution in [-0.4, -0.2) is 96.7 Å². The molecular weight excluding hydrogens is 582 g/mol. The summed E-state index contributed by atoms with van der Waals surface area (Å²) in [6.07, 6.45) is 7.02. The van der Waals surface area contributed by atoms with Crippen LogP contribution in [0.2, 0.25) is 0 Å². The van der Waals surface area contributed by atoms with Crippen molar-refractivity contribution in [3.05, 3.63) is 59.2 Å². The van der Waals surface area contributed by atoms with Crippen LogP contribution in [0.5, 0.6) is 11.5 Å². The summed E-state index contributed by atoms with van der Waals surface area (Å²) in [6.45, 7) is 9.29. The van der Waals surface area contributed by atoms with Gasteiger partial charge in [-0.2, -0.15) is 0 Å². The topological polar surface area (TPSA) is 67.9 Å². The Hall–Kier alpha value is -2.20. The van der Waals surface area contributed by atoms with Gasteiger partial charge in [0.1, 0.15) is 12.7 Å². The van der Waals surface area contributed by atoms with Crippen LogP contribution in [-0.2, 0) is 42.1 Å². The Kier molecular flexibility index (Phi) is 9.92. The van der Waals surface area contributed by atoms with E-state index in [0.717, 1.165) is 49.6 Å². The second-order valence-electron chi connectivity index (χ2n) is 14.1. The van der Waals surface area contributed by atoms with E-state index in [-0.39, 0.29) is 29.0 Å². The average Bonchev–Trinajstić information content (AvgIpc) is 3.83. The predicted octanol–water partition coefficient (Wildman–Crippen LogP) is 5.43. The Morgan fingerprint density at radius 1 is 0.913 bits per heavy atom. The molecule has 2 aromatic carbocycles. The first-order valence-corrected chi connectivity index (χ1v) is 17.6. The quantitative estimate of drug-likeness (QED) is 0.201. The number of ether oxygens (including phenoxy) is 7. The predicted molar refractivity (Wildman–Crippen MR) is 176 cm³/mol. The highest BCUT2D eigenvalue weighted by molar-refractivity contribution is 5.62. The Labute approximate surface area is 275 Å². The fraction of sp³-hybridized carbons (Fsp3) is 0.684. The van der Waals surface area contributed by atoms with Crippen LogP contribution in [0.4, 0.5) is 0 Å². The van der Waals surface area contributed by atoms with E-state index in [1.807, 2.05) is 7.11 Å². The van der Waals surface area contributed by atoms with Crippen molar-refractivity contribution in [3.8, 4) is 11.5 Å². The van der Waals surface area contributed by atoms with Gasteiger partial charge in [-0.05, 0) is 73.6 Å². The molecule has 46 heavy (non-hydrogen) atoms. The maximum atomic E-state index is 7.20. The Balaban J connectivity index is 1.14. The van der Waals surface area contributed by atoms with E-state index in [4.69, 9.17) is 33.2 Å². The molecule has 3 aliphatic carbocycles. The van der Waals surface area contributed by atoms with Gasteiger partial charge in [0, 0.05) is 43.7 Å². The molecule has 1 saturated heterocycles. The van der Waals surface area contributed by atoms with Gasteiger partial charge in [0.25, 0.3) is 0 Å². The normalized spacial score (nSPS) is 31.0. The van der Waals surface area contributed by atoms with Crippen molar-refractivity contribution in [1.82, 2.24) is 4.90 Å². The minimum Gasteiger partial charge on any atom is -0.487 e. The zero-order chi connectivity index (χ0) is 31.6. The largest absolute Gasteiger partial charge is 0.487 e. The van der Waals surface area contributed by atoms with Gasteiger partial charge in [0.2, 0.25) is 0 Å². The molecular formula is C38H53NO7. The first kappa shape index (κ1) is 32.4. The van der Waals surface area contributed by atoms with Crippen LogP contribution in [0.3, 0.4) is 0 Å². The molecule has 0 amide bonds. The van der Waals surface area contributed by atoms with Gasteiger partial charge in [-0.15, -0.1) is 0 Å². The van der Waals surface area contributed by atoms with Gasteiger partial charge in [0.15, 0.2) is 11.5 Å². The molecule has 252 valence electrons. The van der Waals surface area contributed by atoms with Crippen molar-refractivity contribution in [1.29, 1.82) is 0 Å². The van der Waals surface area contributed by atoms with Gasteiger partial charge in [-0.25, -0.2) is 0 Å². The third kappa shape index (κ3) is 5.77. The lowest BCUT2D eigenvalue weighted by atomic mass is 9.41. The number of hydrogen-bond donors (Lipinski definition) is 0. The molecule has 2 bridgehead atoms. The molecule has 3 fully saturated rings. The second kappa shape index (κ2) is 14.1. The summed E-state index contributed by atoms with van der Waals surface area (Å²) in [6, 6.07) is 15.5. The molecule has 6 unspecified atom stereocenters. The first-order valence-electron chi connectivity index (χ1n) is 17.6. The van der Waals surface area contributed by atoms with Crippen LogP contribution in [0.15, 0.2) is 42.5 Å². The van der Waals surface area contributed by atoms with E-state index in [2.05, 4.69) is 54.3 Å². The van der Waals surface area contributed by atoms with Crippen LogP contribution < -0.4 is 9.47 Å². The van der Waals surface area contributed by atoms with E-state index >= 15 is 0 Å². The highest BCUT2D eigenvalue weighted by Crippen LogP contribution is 2.71. The summed E-state index contributed by atoms with van der Waals surface area (Å²) in [5.74, 6) is 2.89. The number of likely N-dealkylation sites (tertiary alicyclic amines) is 1. The number of rotatable bonds is 18. The lowest BCUT2D eigenvalue weighted by molar-refractivity contribution is -0.199. The molecule has 1 spiro atoms. The van der Waals surface area contributed by atoms with Crippen molar-refractivity contribution in [2.24, 2.45) is 17.3 Å². The molecule has 0 radical (unpaired) electrons. The standard InChI is InChI=1S/C38H53NO7/c1-4-37-23-30(26-44-25-28-8-6-5-7-9-28)34(41-3)36-38(37)14-15-39(24-27-10-11-27)32(37)22-29-12-13-31(35(46-36)33(29)38)45-21-20-43-19-18-42-17-16-40-2/h5-9,12-13,27,30,32,34,36H,4,10-11,14-26H2,1-3H3. The van der Waals surface area contributed by atoms with E-state index in [0.29, 0.717) is 58.9 Å². The summed E-state index contributed by atoms with van der Waals surface area (Å²) in [5, 5.41) is 0. The van der Waals surface area contributed by atoms with E-state index in [1.54, 1.807) is 7.11 Å². The van der Waals surface area contributed by atoms with Crippen LogP contribution >= 0.6 is 0 Å². The molecule has 8 heteroatoms. The Morgan fingerprint density at radius 2 is 1.70 bits per heavy atom. The second-order valence-corrected chi connectivity index (χ2v) is 14.1. The smallest absolute Gasteiger partial charge is 0.165 e. The molecule has 6 atom stereocenters. The Bertz CT molecular complexity index is 1300. The first-order chi connectivity index (χ1) is 22.6. The van der Waals surface area contributed by atoms with Gasteiger partial charge in [-0.3, -0.25) is 4.90 Å². The number of benzene rings is 2. The number of piperidine rings is 1. The number of hydrogen-bond acceptors (Lipinski definition) is 8. The zero-order valence-electron chi connectivity index (χ0n) is 28.0. The van der Waals surface area contributed by atoms with Crippen LogP contribution in [0.25, 0.3) is 0 Å². The van der Waals surface area contributed by atoms with Crippen molar-refractivity contribution in [2.75, 3.05) is 73.6 Å². The lowest BCUT2D eigenvalue weighted by Crippen LogP contribution is -2.75. The highest BCUT2D eigenvalue weighted by Gasteiger charge is 2.74. The Morgan fingerprint density at radius 3 is 2.43 bits per heavy atom. The fourth-order valence-corrected chi connectivity index (χ4v) is 9.66. The average molecular weight is 636 g/mol. The summed E-state index contributed by atoms with van der Waals surface area (Å²) >= 11 is 0. The maximum absolute atomic E-state index is 7.20. The van der Waals surface area contributed by atoms with Crippen molar-refractivity contribution >= 4 is 0 Å². The molecule has 0 aromatic heterocycles. The lowest BCUT2D eigenvalue weighted by Gasteiger charge is -2.68. The third-order valence-corrected chi connectivity index (χ3v) is 11.8. The monoisotopic (exact) mass is 635 g/mol. The molecule has 0 N–H and O–H groups in total. The number of methoxy groups -OCH3 is 2. The van der Waals surface area contributed by atoms with Gasteiger partial charge < -0.3 is 33.2 Å². The van der Waals surface area contributed by atoms with Crippen LogP contribution in [0, 0.1) is 17.3 Å². The minimum absolute atomic E-state index is 0.0567. The summed E-state index contributed by atoms with van der Waals surface area (Å²) in [7, 11) is 3.55. The fourth-order valence-electron chi connectivity index (χ4n) is 9.66. The summed E-state index contributed by atoms with van der Waals surface area (Å²) < 4.78 is 42.9. The molecule has 2 aromatic rings. The molecule has 2 heterocycles. The molecule has 5 aliphatic rings. The van der Waals surface area contributed by atoms with E-state index in [9.17, 15) is 0 Å². The van der Waals surface area contributed by atoms with E-state index < -0.39 is 0 Å². The van der Waals surface area contributed by atoms with Gasteiger partial charge in [0.05, 0.1) is 52.4 Å². The van der Waals surface area contributed by atoms with Crippen LogP contribution in [0.1, 0.15) is 55.7 Å². The van der Waals surface area contributed by atoms with Crippen molar-refractivity contribution in [3.63, 3.8) is 0 Å². The molecule has 2 saturated carbocycles. The van der Waals surface area contributed by atoms with Gasteiger partial charge in [-0.1, -0.05) is 43.3 Å². The van der Waals surface area contributed by atoms with Gasteiger partial charge >= 0.3 is 0 Å². The van der Waals surface area contributed by atoms with Crippen molar-refractivity contribution in [2.45, 2.75) is 75.7 Å². The molecule has 8 nitrogen and oxygen atoms in total. The summed E-state index contributed by atoms with van der Waals surface area (Å²) in [4.78, 5) is 2.88. The van der Waals surface area contributed by atoms with E-state index in [1.165, 1.54) is 36.1 Å². The maximum Gasteiger partial charge on any atom is 0.165 e. The highest BCUT2D eigenvalue weighted by atomic mass is 16.6. The third-order valence-electron chi connectivity index (χ3n) is 11.8. The number of nitrogens with zero attached hydrogens (tertiary/aromatic N) is 1. The molecule has 7 rings (SSSR count). The minimum atomic E-state index is -0.0958. The van der Waals surface area contributed by atoms with Crippen molar-refractivity contribution < 1.29 is 33.2 Å².